The number of methoxy groups -OCH3 is 1. The first-order valence-electron chi connectivity index (χ1n) is 5.45. The molecule has 0 spiro atoms. The SMILES string of the molecule is CC.COCCOCc1cccc(C)c1. The first-order chi connectivity index (χ1) is 7.33. The summed E-state index contributed by atoms with van der Waals surface area (Å²) in [4.78, 5) is 0. The van der Waals surface area contributed by atoms with Gasteiger partial charge in [0.25, 0.3) is 0 Å². The van der Waals surface area contributed by atoms with Crippen molar-refractivity contribution in [3.05, 3.63) is 35.4 Å². The minimum atomic E-state index is 0.657. The van der Waals surface area contributed by atoms with Gasteiger partial charge in [0.2, 0.25) is 0 Å². The average Bonchev–Trinajstić information content (AvgIpc) is 2.27. The molecule has 2 heteroatoms. The molecule has 0 saturated carbocycles. The Balaban J connectivity index is 0.000000921. The van der Waals surface area contributed by atoms with Crippen molar-refractivity contribution in [2.45, 2.75) is 27.4 Å². The van der Waals surface area contributed by atoms with E-state index in [-0.39, 0.29) is 0 Å². The average molecular weight is 210 g/mol. The highest BCUT2D eigenvalue weighted by Gasteiger charge is 1.92. The molecule has 0 aliphatic rings. The quantitative estimate of drug-likeness (QED) is 0.695. The molecule has 0 amide bonds. The monoisotopic (exact) mass is 210 g/mol. The Morgan fingerprint density at radius 3 is 2.47 bits per heavy atom. The van der Waals surface area contributed by atoms with Crippen LogP contribution in [0, 0.1) is 6.92 Å². The van der Waals surface area contributed by atoms with Gasteiger partial charge >= 0.3 is 0 Å². The van der Waals surface area contributed by atoms with Crippen LogP contribution in [0.25, 0.3) is 0 Å². The van der Waals surface area contributed by atoms with E-state index in [1.54, 1.807) is 7.11 Å². The van der Waals surface area contributed by atoms with Gasteiger partial charge in [-0.1, -0.05) is 43.7 Å². The third-order valence-electron chi connectivity index (χ3n) is 1.78. The highest BCUT2D eigenvalue weighted by atomic mass is 16.5. The van der Waals surface area contributed by atoms with Gasteiger partial charge in [-0.05, 0) is 12.5 Å². The van der Waals surface area contributed by atoms with E-state index in [0.717, 1.165) is 0 Å². The zero-order valence-electron chi connectivity index (χ0n) is 10.2. The highest BCUT2D eigenvalue weighted by Crippen LogP contribution is 2.04. The summed E-state index contributed by atoms with van der Waals surface area (Å²) in [5.41, 5.74) is 2.49. The summed E-state index contributed by atoms with van der Waals surface area (Å²) in [6, 6.07) is 8.33. The highest BCUT2D eigenvalue weighted by molar-refractivity contribution is 5.21. The van der Waals surface area contributed by atoms with Gasteiger partial charge in [-0.15, -0.1) is 0 Å². The maximum atomic E-state index is 5.39. The lowest BCUT2D eigenvalue weighted by molar-refractivity contribution is 0.0616. The largest absolute Gasteiger partial charge is 0.382 e. The number of ether oxygens (including phenoxy) is 2. The minimum absolute atomic E-state index is 0.657. The van der Waals surface area contributed by atoms with E-state index in [9.17, 15) is 0 Å². The van der Waals surface area contributed by atoms with Gasteiger partial charge in [-0.25, -0.2) is 0 Å². The Bertz CT molecular complexity index is 246. The van der Waals surface area contributed by atoms with Gasteiger partial charge in [0.1, 0.15) is 0 Å². The van der Waals surface area contributed by atoms with Gasteiger partial charge in [0, 0.05) is 7.11 Å². The predicted octanol–water partition coefficient (Wildman–Crippen LogP) is 3.18. The van der Waals surface area contributed by atoms with Crippen LogP contribution in [-0.4, -0.2) is 20.3 Å². The van der Waals surface area contributed by atoms with Crippen molar-refractivity contribution in [1.29, 1.82) is 0 Å². The fourth-order valence-electron chi connectivity index (χ4n) is 1.13. The van der Waals surface area contributed by atoms with Gasteiger partial charge in [-0.3, -0.25) is 0 Å². The number of hydrogen-bond donors (Lipinski definition) is 0. The summed E-state index contributed by atoms with van der Waals surface area (Å²) in [5.74, 6) is 0. The van der Waals surface area contributed by atoms with Crippen LogP contribution in [0.15, 0.2) is 24.3 Å². The molecule has 0 aromatic heterocycles. The second-order valence-corrected chi connectivity index (χ2v) is 3.03. The van der Waals surface area contributed by atoms with Crippen LogP contribution >= 0.6 is 0 Å². The molecule has 0 heterocycles. The van der Waals surface area contributed by atoms with Crippen LogP contribution in [0.2, 0.25) is 0 Å². The number of aryl methyl sites for hydroxylation is 1. The Morgan fingerprint density at radius 1 is 1.13 bits per heavy atom. The van der Waals surface area contributed by atoms with Crippen molar-refractivity contribution < 1.29 is 9.47 Å². The first-order valence-corrected chi connectivity index (χ1v) is 5.45. The zero-order valence-corrected chi connectivity index (χ0v) is 10.2. The maximum absolute atomic E-state index is 5.39. The molecule has 1 rings (SSSR count). The van der Waals surface area contributed by atoms with Crippen LogP contribution in [0.4, 0.5) is 0 Å². The molecule has 1 aromatic rings. The van der Waals surface area contributed by atoms with E-state index in [1.165, 1.54) is 11.1 Å². The molecule has 2 nitrogen and oxygen atoms in total. The lowest BCUT2D eigenvalue weighted by Gasteiger charge is -2.04. The molecule has 0 unspecified atom stereocenters. The van der Waals surface area contributed by atoms with Crippen LogP contribution in [-0.2, 0) is 16.1 Å². The number of hydrogen-bond acceptors (Lipinski definition) is 2. The predicted molar refractivity (Wildman–Crippen MR) is 64.1 cm³/mol. The summed E-state index contributed by atoms with van der Waals surface area (Å²) < 4.78 is 10.3. The lowest BCUT2D eigenvalue weighted by Crippen LogP contribution is -2.01. The summed E-state index contributed by atoms with van der Waals surface area (Å²) in [6.45, 7) is 8.07. The van der Waals surface area contributed by atoms with Gasteiger partial charge in [-0.2, -0.15) is 0 Å². The van der Waals surface area contributed by atoms with Crippen molar-refractivity contribution in [2.24, 2.45) is 0 Å². The second kappa shape index (κ2) is 9.69. The van der Waals surface area contributed by atoms with Crippen LogP contribution in [0.5, 0.6) is 0 Å². The van der Waals surface area contributed by atoms with E-state index < -0.39 is 0 Å². The molecular formula is C13H22O2. The molecule has 0 bridgehead atoms. The van der Waals surface area contributed by atoms with E-state index in [4.69, 9.17) is 9.47 Å². The molecule has 0 aliphatic carbocycles. The number of rotatable bonds is 5. The molecule has 86 valence electrons. The van der Waals surface area contributed by atoms with Crippen LogP contribution in [0.3, 0.4) is 0 Å². The molecule has 1 aromatic carbocycles. The minimum Gasteiger partial charge on any atom is -0.382 e. The Labute approximate surface area is 93.2 Å². The molecular weight excluding hydrogens is 188 g/mol. The Kier molecular flexibility index (Phi) is 9.13. The summed E-state index contributed by atoms with van der Waals surface area (Å²) >= 11 is 0. The third-order valence-corrected chi connectivity index (χ3v) is 1.78. The molecule has 0 saturated heterocycles. The van der Waals surface area contributed by atoms with Gasteiger partial charge in [0.15, 0.2) is 0 Å². The zero-order chi connectivity index (χ0) is 11.5. The van der Waals surface area contributed by atoms with E-state index >= 15 is 0 Å². The van der Waals surface area contributed by atoms with Crippen molar-refractivity contribution >= 4 is 0 Å². The van der Waals surface area contributed by atoms with Crippen molar-refractivity contribution in [1.82, 2.24) is 0 Å². The fourth-order valence-corrected chi connectivity index (χ4v) is 1.13. The van der Waals surface area contributed by atoms with Crippen molar-refractivity contribution in [2.75, 3.05) is 20.3 Å². The number of benzene rings is 1. The van der Waals surface area contributed by atoms with E-state index in [1.807, 2.05) is 19.9 Å². The topological polar surface area (TPSA) is 18.5 Å². The van der Waals surface area contributed by atoms with E-state index in [0.29, 0.717) is 19.8 Å². The molecule has 0 fully saturated rings. The first kappa shape index (κ1) is 14.1. The normalized spacial score (nSPS) is 9.33. The summed E-state index contributed by atoms with van der Waals surface area (Å²) in [6.07, 6.45) is 0. The van der Waals surface area contributed by atoms with E-state index in [2.05, 4.69) is 25.1 Å². The lowest BCUT2D eigenvalue weighted by atomic mass is 10.1. The van der Waals surface area contributed by atoms with Gasteiger partial charge < -0.3 is 9.47 Å². The standard InChI is InChI=1S/C11H16O2.C2H6/c1-10-4-3-5-11(8-10)9-13-7-6-12-2;1-2/h3-5,8H,6-7,9H2,1-2H3;1-2H3. The third kappa shape index (κ3) is 7.11. The molecule has 0 N–H and O–H groups in total. The maximum Gasteiger partial charge on any atom is 0.0718 e. The second-order valence-electron chi connectivity index (χ2n) is 3.03. The van der Waals surface area contributed by atoms with Gasteiger partial charge in [0.05, 0.1) is 19.8 Å². The summed E-state index contributed by atoms with van der Waals surface area (Å²) in [7, 11) is 1.68. The van der Waals surface area contributed by atoms with Crippen molar-refractivity contribution in [3.8, 4) is 0 Å². The van der Waals surface area contributed by atoms with Crippen LogP contribution in [0.1, 0.15) is 25.0 Å². The molecule has 0 atom stereocenters. The fraction of sp³-hybridized carbons (Fsp3) is 0.538. The smallest absolute Gasteiger partial charge is 0.0718 e. The van der Waals surface area contributed by atoms with Crippen LogP contribution < -0.4 is 0 Å². The molecule has 0 radical (unpaired) electrons. The van der Waals surface area contributed by atoms with Crippen molar-refractivity contribution in [3.63, 3.8) is 0 Å². The Hall–Kier alpha value is -0.860. The molecule has 15 heavy (non-hydrogen) atoms. The Morgan fingerprint density at radius 2 is 1.87 bits per heavy atom. The molecule has 0 aliphatic heterocycles. The summed E-state index contributed by atoms with van der Waals surface area (Å²) in [5, 5.41) is 0.